The Hall–Kier alpha value is -3.28. The van der Waals surface area contributed by atoms with Crippen molar-refractivity contribution in [3.8, 4) is 17.0 Å². The van der Waals surface area contributed by atoms with Crippen LogP contribution in [0.15, 0.2) is 54.6 Å². The van der Waals surface area contributed by atoms with Crippen LogP contribution < -0.4 is 9.64 Å². The number of aryl methyl sites for hydroxylation is 2. The highest BCUT2D eigenvalue weighted by Crippen LogP contribution is 2.23. The van der Waals surface area contributed by atoms with E-state index in [0.717, 1.165) is 35.8 Å². The van der Waals surface area contributed by atoms with Gasteiger partial charge in [0.15, 0.2) is 5.69 Å². The van der Waals surface area contributed by atoms with Crippen LogP contribution in [0.3, 0.4) is 0 Å². The third kappa shape index (κ3) is 3.97. The fourth-order valence-corrected chi connectivity index (χ4v) is 3.69. The molecule has 0 unspecified atom stereocenters. The Morgan fingerprint density at radius 3 is 2.24 bits per heavy atom. The molecule has 0 aliphatic carbocycles. The first kappa shape index (κ1) is 19.1. The second-order valence-electron chi connectivity index (χ2n) is 7.38. The Kier molecular flexibility index (Phi) is 5.25. The molecular weight excluding hydrogens is 364 g/mol. The first-order chi connectivity index (χ1) is 14.0. The van der Waals surface area contributed by atoms with Gasteiger partial charge in [-0.2, -0.15) is 5.10 Å². The van der Waals surface area contributed by atoms with E-state index in [1.165, 1.54) is 5.56 Å². The molecule has 2 heterocycles. The van der Waals surface area contributed by atoms with E-state index in [9.17, 15) is 4.79 Å². The number of carbonyl (C=O) groups is 1. The number of ether oxygens (including phenoxy) is 1. The van der Waals surface area contributed by atoms with Gasteiger partial charge in [-0.15, -0.1) is 0 Å². The number of aromatic nitrogens is 2. The summed E-state index contributed by atoms with van der Waals surface area (Å²) in [6.45, 7) is 5.03. The number of piperazine rings is 1. The molecule has 0 N–H and O–H groups in total. The minimum atomic E-state index is -0.00616. The molecule has 1 aromatic heterocycles. The van der Waals surface area contributed by atoms with Gasteiger partial charge in [0, 0.05) is 38.9 Å². The molecule has 1 amide bonds. The van der Waals surface area contributed by atoms with Crippen molar-refractivity contribution in [3.63, 3.8) is 0 Å². The number of hydrogen-bond acceptors (Lipinski definition) is 4. The highest BCUT2D eigenvalue weighted by molar-refractivity contribution is 5.93. The van der Waals surface area contributed by atoms with Crippen LogP contribution in [-0.2, 0) is 7.05 Å². The van der Waals surface area contributed by atoms with Crippen LogP contribution in [-0.4, -0.2) is 53.9 Å². The Balaban J connectivity index is 1.43. The Bertz CT molecular complexity index is 985. The predicted octanol–water partition coefficient (Wildman–Crippen LogP) is 3.37. The monoisotopic (exact) mass is 390 g/mol. The maximum atomic E-state index is 13.0. The molecule has 4 rings (SSSR count). The average molecular weight is 390 g/mol. The van der Waals surface area contributed by atoms with Gasteiger partial charge >= 0.3 is 0 Å². The first-order valence-electron chi connectivity index (χ1n) is 9.84. The normalized spacial score (nSPS) is 14.2. The van der Waals surface area contributed by atoms with Crippen LogP contribution in [0.2, 0.25) is 0 Å². The summed E-state index contributed by atoms with van der Waals surface area (Å²) in [6, 6.07) is 18.2. The number of methoxy groups -OCH3 is 1. The topological polar surface area (TPSA) is 50.6 Å². The van der Waals surface area contributed by atoms with Crippen molar-refractivity contribution >= 4 is 11.6 Å². The summed E-state index contributed by atoms with van der Waals surface area (Å²) in [5.41, 5.74) is 4.87. The van der Waals surface area contributed by atoms with Crippen molar-refractivity contribution in [2.45, 2.75) is 6.92 Å². The van der Waals surface area contributed by atoms with Crippen LogP contribution in [0.4, 0.5) is 5.69 Å². The number of amides is 1. The summed E-state index contributed by atoms with van der Waals surface area (Å²) in [4.78, 5) is 17.2. The number of anilines is 1. The van der Waals surface area contributed by atoms with E-state index in [2.05, 4.69) is 53.3 Å². The Morgan fingerprint density at radius 2 is 1.62 bits per heavy atom. The number of rotatable bonds is 4. The molecule has 0 bridgehead atoms. The van der Waals surface area contributed by atoms with Crippen molar-refractivity contribution in [3.05, 3.63) is 65.9 Å². The predicted molar refractivity (Wildman–Crippen MR) is 114 cm³/mol. The lowest BCUT2D eigenvalue weighted by atomic mass is 10.1. The summed E-state index contributed by atoms with van der Waals surface area (Å²) in [7, 11) is 3.55. The van der Waals surface area contributed by atoms with Crippen LogP contribution in [0.5, 0.6) is 5.75 Å². The highest BCUT2D eigenvalue weighted by atomic mass is 16.5. The van der Waals surface area contributed by atoms with Crippen molar-refractivity contribution in [2.24, 2.45) is 7.05 Å². The Labute approximate surface area is 171 Å². The maximum absolute atomic E-state index is 13.0. The zero-order valence-electron chi connectivity index (χ0n) is 17.1. The van der Waals surface area contributed by atoms with E-state index in [0.29, 0.717) is 18.8 Å². The molecule has 1 fully saturated rings. The maximum Gasteiger partial charge on any atom is 0.274 e. The average Bonchev–Trinajstić information content (AvgIpc) is 3.15. The highest BCUT2D eigenvalue weighted by Gasteiger charge is 2.25. The summed E-state index contributed by atoms with van der Waals surface area (Å²) in [5, 5.41) is 4.48. The van der Waals surface area contributed by atoms with Gasteiger partial charge in [0.2, 0.25) is 0 Å². The third-order valence-electron chi connectivity index (χ3n) is 5.45. The van der Waals surface area contributed by atoms with E-state index in [1.54, 1.807) is 11.8 Å². The second kappa shape index (κ2) is 7.99. The van der Waals surface area contributed by atoms with Crippen molar-refractivity contribution in [1.29, 1.82) is 0 Å². The lowest BCUT2D eigenvalue weighted by Gasteiger charge is -2.35. The number of hydrogen-bond donors (Lipinski definition) is 0. The molecule has 2 aromatic carbocycles. The van der Waals surface area contributed by atoms with E-state index in [1.807, 2.05) is 30.1 Å². The fourth-order valence-electron chi connectivity index (χ4n) is 3.69. The van der Waals surface area contributed by atoms with E-state index >= 15 is 0 Å². The Morgan fingerprint density at radius 1 is 0.966 bits per heavy atom. The summed E-state index contributed by atoms with van der Waals surface area (Å²) >= 11 is 0. The van der Waals surface area contributed by atoms with Crippen LogP contribution >= 0.6 is 0 Å². The van der Waals surface area contributed by atoms with E-state index in [4.69, 9.17) is 4.74 Å². The van der Waals surface area contributed by atoms with Crippen LogP contribution in [0.1, 0.15) is 16.1 Å². The molecule has 0 saturated carbocycles. The molecule has 6 nitrogen and oxygen atoms in total. The molecule has 3 aromatic rings. The summed E-state index contributed by atoms with van der Waals surface area (Å²) in [6.07, 6.45) is 0. The number of carbonyl (C=O) groups excluding carboxylic acids is 1. The van der Waals surface area contributed by atoms with Gasteiger partial charge in [0.05, 0.1) is 12.8 Å². The van der Waals surface area contributed by atoms with Gasteiger partial charge in [-0.25, -0.2) is 0 Å². The molecule has 29 heavy (non-hydrogen) atoms. The molecule has 0 atom stereocenters. The van der Waals surface area contributed by atoms with Gasteiger partial charge in [-0.3, -0.25) is 9.48 Å². The third-order valence-corrected chi connectivity index (χ3v) is 5.45. The molecule has 6 heteroatoms. The quantitative estimate of drug-likeness (QED) is 0.685. The number of benzene rings is 2. The lowest BCUT2D eigenvalue weighted by molar-refractivity contribution is 0.0740. The minimum absolute atomic E-state index is 0.00616. The molecule has 0 radical (unpaired) electrons. The fraction of sp³-hybridized carbons (Fsp3) is 0.304. The zero-order valence-corrected chi connectivity index (χ0v) is 17.1. The van der Waals surface area contributed by atoms with Crippen molar-refractivity contribution in [2.75, 3.05) is 38.2 Å². The van der Waals surface area contributed by atoms with Crippen LogP contribution in [0.25, 0.3) is 11.3 Å². The van der Waals surface area contributed by atoms with Gasteiger partial charge < -0.3 is 14.5 Å². The van der Waals surface area contributed by atoms with E-state index < -0.39 is 0 Å². The molecule has 1 aliphatic rings. The van der Waals surface area contributed by atoms with Crippen molar-refractivity contribution in [1.82, 2.24) is 14.7 Å². The molecule has 150 valence electrons. The molecule has 1 aliphatic heterocycles. The van der Waals surface area contributed by atoms with Gasteiger partial charge in [-0.1, -0.05) is 29.8 Å². The van der Waals surface area contributed by atoms with Crippen LogP contribution in [0, 0.1) is 6.92 Å². The molecular formula is C23H26N4O2. The van der Waals surface area contributed by atoms with Gasteiger partial charge in [0.1, 0.15) is 5.75 Å². The van der Waals surface area contributed by atoms with E-state index in [-0.39, 0.29) is 5.91 Å². The van der Waals surface area contributed by atoms with Gasteiger partial charge in [0.25, 0.3) is 5.91 Å². The first-order valence-corrected chi connectivity index (χ1v) is 9.84. The largest absolute Gasteiger partial charge is 0.497 e. The lowest BCUT2D eigenvalue weighted by Crippen LogP contribution is -2.48. The minimum Gasteiger partial charge on any atom is -0.497 e. The summed E-state index contributed by atoms with van der Waals surface area (Å²) in [5.74, 6) is 0.843. The van der Waals surface area contributed by atoms with Gasteiger partial charge in [-0.05, 0) is 42.8 Å². The molecule has 0 spiro atoms. The molecule has 1 saturated heterocycles. The smallest absolute Gasteiger partial charge is 0.274 e. The van der Waals surface area contributed by atoms with Crippen molar-refractivity contribution < 1.29 is 9.53 Å². The zero-order chi connectivity index (χ0) is 20.4. The second-order valence-corrected chi connectivity index (χ2v) is 7.38. The SMILES string of the molecule is COc1ccc(N2CCN(C(=O)c3cc(-c4ccc(C)cc4)n(C)n3)CC2)cc1. The number of nitrogens with zero attached hydrogens (tertiary/aromatic N) is 4. The standard InChI is InChI=1S/C23H26N4O2/c1-17-4-6-18(7-5-17)22-16-21(24-25(22)2)23(28)27-14-12-26(13-15-27)19-8-10-20(29-3)11-9-19/h4-11,16H,12-15H2,1-3H3. The summed E-state index contributed by atoms with van der Waals surface area (Å²) < 4.78 is 7.01.